The standard InChI is InChI=1S/C15H10ClNO3/c16-15(18)14(12-4-2-1-3-5-12)10-11-6-8-13(9-7-11)17(19)20/h1-10H/b14-10+. The van der Waals surface area contributed by atoms with Crippen LogP contribution in [0.3, 0.4) is 0 Å². The van der Waals surface area contributed by atoms with E-state index in [1.807, 2.05) is 6.07 Å². The number of hydrogen-bond acceptors (Lipinski definition) is 3. The molecule has 100 valence electrons. The molecule has 2 aromatic rings. The summed E-state index contributed by atoms with van der Waals surface area (Å²) in [7, 11) is 0. The van der Waals surface area contributed by atoms with Crippen molar-refractivity contribution in [2.24, 2.45) is 0 Å². The van der Waals surface area contributed by atoms with Crippen LogP contribution >= 0.6 is 11.6 Å². The van der Waals surface area contributed by atoms with Gasteiger partial charge in [-0.2, -0.15) is 0 Å². The lowest BCUT2D eigenvalue weighted by Gasteiger charge is -2.03. The molecule has 0 aromatic heterocycles. The van der Waals surface area contributed by atoms with E-state index in [0.717, 1.165) is 0 Å². The number of rotatable bonds is 4. The summed E-state index contributed by atoms with van der Waals surface area (Å²) in [6.07, 6.45) is 1.61. The Bertz CT molecular complexity index is 663. The lowest BCUT2D eigenvalue weighted by molar-refractivity contribution is -0.384. The van der Waals surface area contributed by atoms with Crippen molar-refractivity contribution in [2.75, 3.05) is 0 Å². The number of allylic oxidation sites excluding steroid dienone is 1. The number of halogens is 1. The minimum absolute atomic E-state index is 0.000566. The number of benzene rings is 2. The molecule has 5 heteroatoms. The second kappa shape index (κ2) is 6.12. The van der Waals surface area contributed by atoms with E-state index < -0.39 is 10.2 Å². The average molecular weight is 288 g/mol. The van der Waals surface area contributed by atoms with E-state index in [1.165, 1.54) is 12.1 Å². The van der Waals surface area contributed by atoms with E-state index in [1.54, 1.807) is 42.5 Å². The van der Waals surface area contributed by atoms with Crippen LogP contribution in [0.1, 0.15) is 11.1 Å². The van der Waals surface area contributed by atoms with Crippen LogP contribution in [0.15, 0.2) is 54.6 Å². The van der Waals surface area contributed by atoms with Gasteiger partial charge in [-0.1, -0.05) is 30.3 Å². The average Bonchev–Trinajstić information content (AvgIpc) is 2.46. The predicted octanol–water partition coefficient (Wildman–Crippen LogP) is 3.90. The van der Waals surface area contributed by atoms with E-state index in [2.05, 4.69) is 0 Å². The zero-order valence-electron chi connectivity index (χ0n) is 10.3. The number of carbonyl (C=O) groups is 1. The molecule has 0 saturated carbocycles. The molecule has 2 rings (SSSR count). The van der Waals surface area contributed by atoms with Crippen molar-refractivity contribution in [1.29, 1.82) is 0 Å². The molecule has 0 aliphatic heterocycles. The highest BCUT2D eigenvalue weighted by atomic mass is 35.5. The fourth-order valence-electron chi connectivity index (χ4n) is 1.73. The summed E-state index contributed by atoms with van der Waals surface area (Å²) >= 11 is 5.59. The lowest BCUT2D eigenvalue weighted by Crippen LogP contribution is -1.93. The molecule has 0 fully saturated rings. The van der Waals surface area contributed by atoms with Gasteiger partial charge < -0.3 is 0 Å². The Morgan fingerprint density at radius 1 is 1.05 bits per heavy atom. The number of nitro groups is 1. The molecule has 2 aromatic carbocycles. The first kappa shape index (κ1) is 14.0. The summed E-state index contributed by atoms with van der Waals surface area (Å²) < 4.78 is 0. The van der Waals surface area contributed by atoms with Crippen LogP contribution < -0.4 is 0 Å². The van der Waals surface area contributed by atoms with Gasteiger partial charge in [-0.3, -0.25) is 14.9 Å². The van der Waals surface area contributed by atoms with Gasteiger partial charge in [0.2, 0.25) is 0 Å². The van der Waals surface area contributed by atoms with E-state index >= 15 is 0 Å². The molecule has 0 spiro atoms. The van der Waals surface area contributed by atoms with Gasteiger partial charge in [-0.05, 0) is 40.9 Å². The fourth-order valence-corrected chi connectivity index (χ4v) is 1.89. The third kappa shape index (κ3) is 3.30. The molecule has 20 heavy (non-hydrogen) atoms. The van der Waals surface area contributed by atoms with Gasteiger partial charge in [0.1, 0.15) is 0 Å². The van der Waals surface area contributed by atoms with E-state index in [9.17, 15) is 14.9 Å². The van der Waals surface area contributed by atoms with Gasteiger partial charge in [-0.15, -0.1) is 0 Å². The van der Waals surface area contributed by atoms with Gasteiger partial charge in [0.15, 0.2) is 0 Å². The smallest absolute Gasteiger partial charge is 0.269 e. The van der Waals surface area contributed by atoms with E-state index in [-0.39, 0.29) is 5.69 Å². The summed E-state index contributed by atoms with van der Waals surface area (Å²) in [5.41, 5.74) is 1.72. The highest BCUT2D eigenvalue weighted by Gasteiger charge is 2.09. The molecule has 0 amide bonds. The van der Waals surface area contributed by atoms with Crippen LogP contribution in [0.4, 0.5) is 5.69 Å². The molecule has 0 heterocycles. The molecular formula is C15H10ClNO3. The summed E-state index contributed by atoms with van der Waals surface area (Å²) in [5.74, 6) is 0. The predicted molar refractivity (Wildman–Crippen MR) is 78.3 cm³/mol. The molecule has 0 bridgehead atoms. The maximum Gasteiger partial charge on any atom is 0.269 e. The summed E-state index contributed by atoms with van der Waals surface area (Å²) in [5, 5.41) is 10.0. The minimum Gasteiger partial charge on any atom is -0.276 e. The SMILES string of the molecule is O=C(Cl)/C(=C/c1ccc([N+](=O)[O-])cc1)c1ccccc1. The van der Waals surface area contributed by atoms with E-state index in [0.29, 0.717) is 16.7 Å². The van der Waals surface area contributed by atoms with Gasteiger partial charge in [0.25, 0.3) is 10.9 Å². The van der Waals surface area contributed by atoms with Crippen molar-refractivity contribution in [2.45, 2.75) is 0 Å². The topological polar surface area (TPSA) is 60.2 Å². The Kier molecular flexibility index (Phi) is 4.27. The van der Waals surface area contributed by atoms with E-state index in [4.69, 9.17) is 11.6 Å². The molecule has 0 radical (unpaired) electrons. The number of carbonyl (C=O) groups excluding carboxylic acids is 1. The maximum absolute atomic E-state index is 11.5. The molecule has 0 N–H and O–H groups in total. The minimum atomic E-state index is -0.574. The van der Waals surface area contributed by atoms with Crippen molar-refractivity contribution in [3.63, 3.8) is 0 Å². The first-order chi connectivity index (χ1) is 9.58. The zero-order valence-corrected chi connectivity index (χ0v) is 11.1. The monoisotopic (exact) mass is 287 g/mol. The Morgan fingerprint density at radius 2 is 1.65 bits per heavy atom. The third-order valence-corrected chi connectivity index (χ3v) is 2.92. The van der Waals surface area contributed by atoms with Crippen LogP contribution in [0.5, 0.6) is 0 Å². The summed E-state index contributed by atoms with van der Waals surface area (Å²) in [4.78, 5) is 21.6. The highest BCUT2D eigenvalue weighted by molar-refractivity contribution is 6.75. The molecule has 0 aliphatic carbocycles. The van der Waals surface area contributed by atoms with Gasteiger partial charge in [0.05, 0.1) is 4.92 Å². The molecule has 0 aliphatic rings. The maximum atomic E-state index is 11.5. The molecule has 4 nitrogen and oxygen atoms in total. The van der Waals surface area contributed by atoms with Gasteiger partial charge in [-0.25, -0.2) is 0 Å². The first-order valence-corrected chi connectivity index (χ1v) is 6.17. The van der Waals surface area contributed by atoms with Crippen LogP contribution in [-0.4, -0.2) is 10.2 Å². The largest absolute Gasteiger partial charge is 0.276 e. The van der Waals surface area contributed by atoms with Crippen molar-refractivity contribution >= 4 is 34.2 Å². The summed E-state index contributed by atoms with van der Waals surface area (Å²) in [6, 6.07) is 14.9. The Labute approximate surface area is 120 Å². The van der Waals surface area contributed by atoms with Crippen LogP contribution in [0.2, 0.25) is 0 Å². The van der Waals surface area contributed by atoms with Gasteiger partial charge >= 0.3 is 0 Å². The molecule has 0 saturated heterocycles. The number of hydrogen-bond donors (Lipinski definition) is 0. The normalized spacial score (nSPS) is 11.2. The number of nitrogens with zero attached hydrogens (tertiary/aromatic N) is 1. The quantitative estimate of drug-likeness (QED) is 0.282. The first-order valence-electron chi connectivity index (χ1n) is 5.79. The van der Waals surface area contributed by atoms with Crippen molar-refractivity contribution in [1.82, 2.24) is 0 Å². The summed E-state index contributed by atoms with van der Waals surface area (Å²) in [6.45, 7) is 0. The molecule has 0 atom stereocenters. The number of non-ortho nitro benzene ring substituents is 1. The Hall–Kier alpha value is -2.46. The fraction of sp³-hybridized carbons (Fsp3) is 0. The van der Waals surface area contributed by atoms with Crippen LogP contribution in [-0.2, 0) is 4.79 Å². The third-order valence-electron chi connectivity index (χ3n) is 2.71. The Morgan fingerprint density at radius 3 is 2.15 bits per heavy atom. The number of nitro benzene ring substituents is 1. The van der Waals surface area contributed by atoms with Crippen molar-refractivity contribution in [3.05, 3.63) is 75.8 Å². The van der Waals surface area contributed by atoms with Gasteiger partial charge in [0, 0.05) is 17.7 Å². The van der Waals surface area contributed by atoms with Crippen LogP contribution in [0.25, 0.3) is 11.6 Å². The van der Waals surface area contributed by atoms with Crippen LogP contribution in [0, 0.1) is 10.1 Å². The lowest BCUT2D eigenvalue weighted by atomic mass is 10.0. The van der Waals surface area contributed by atoms with Crippen molar-refractivity contribution < 1.29 is 9.72 Å². The highest BCUT2D eigenvalue weighted by Crippen LogP contribution is 2.22. The Balaban J connectivity index is 2.39. The second-order valence-corrected chi connectivity index (χ2v) is 4.39. The van der Waals surface area contributed by atoms with Crippen molar-refractivity contribution in [3.8, 4) is 0 Å². The molecular weight excluding hydrogens is 278 g/mol. The molecule has 0 unspecified atom stereocenters. The second-order valence-electron chi connectivity index (χ2n) is 4.05. The zero-order chi connectivity index (χ0) is 14.5.